The summed E-state index contributed by atoms with van der Waals surface area (Å²) < 4.78 is 10.4. The van der Waals surface area contributed by atoms with E-state index in [4.69, 9.17) is 9.47 Å². The highest BCUT2D eigenvalue weighted by Gasteiger charge is 2.17. The van der Waals surface area contributed by atoms with Crippen LogP contribution in [0.15, 0.2) is 48.5 Å². The van der Waals surface area contributed by atoms with Crippen molar-refractivity contribution in [3.8, 4) is 11.5 Å². The number of anilines is 1. The molecule has 1 N–H and O–H groups in total. The number of carbonyl (C=O) groups is 2. The third kappa shape index (κ3) is 5.24. The van der Waals surface area contributed by atoms with E-state index in [1.807, 2.05) is 37.3 Å². The fourth-order valence-electron chi connectivity index (χ4n) is 2.54. The van der Waals surface area contributed by atoms with Crippen LogP contribution in [0.4, 0.5) is 5.69 Å². The molecule has 2 aromatic carbocycles. The van der Waals surface area contributed by atoms with E-state index in [0.717, 1.165) is 5.56 Å². The number of ether oxygens (including phenoxy) is 2. The monoisotopic (exact) mass is 356 g/mol. The van der Waals surface area contributed by atoms with Gasteiger partial charge in [0.15, 0.2) is 0 Å². The Hall–Kier alpha value is -3.02. The van der Waals surface area contributed by atoms with Gasteiger partial charge in [-0.3, -0.25) is 9.59 Å². The van der Waals surface area contributed by atoms with Crippen molar-refractivity contribution >= 4 is 17.5 Å². The lowest BCUT2D eigenvalue weighted by atomic mass is 10.2. The highest BCUT2D eigenvalue weighted by molar-refractivity contribution is 6.04. The van der Waals surface area contributed by atoms with Gasteiger partial charge in [-0.05, 0) is 24.6 Å². The van der Waals surface area contributed by atoms with Gasteiger partial charge in [-0.2, -0.15) is 0 Å². The summed E-state index contributed by atoms with van der Waals surface area (Å²) in [6.45, 7) is 2.90. The summed E-state index contributed by atoms with van der Waals surface area (Å²) in [7, 11) is 3.06. The molecule has 0 saturated heterocycles. The van der Waals surface area contributed by atoms with Crippen molar-refractivity contribution in [3.05, 3.63) is 54.1 Å². The number of methoxy groups -OCH3 is 2. The fourth-order valence-corrected chi connectivity index (χ4v) is 2.54. The Kier molecular flexibility index (Phi) is 7.02. The summed E-state index contributed by atoms with van der Waals surface area (Å²) in [4.78, 5) is 26.4. The molecule has 0 atom stereocenters. The van der Waals surface area contributed by atoms with Crippen LogP contribution in [0.2, 0.25) is 0 Å². The number of hydrogen-bond donors (Lipinski definition) is 1. The van der Waals surface area contributed by atoms with Crippen molar-refractivity contribution in [1.82, 2.24) is 4.90 Å². The summed E-state index contributed by atoms with van der Waals surface area (Å²) >= 11 is 0. The molecule has 6 nitrogen and oxygen atoms in total. The summed E-state index contributed by atoms with van der Waals surface area (Å²) in [6, 6.07) is 14.8. The van der Waals surface area contributed by atoms with E-state index in [2.05, 4.69) is 5.32 Å². The van der Waals surface area contributed by atoms with Crippen LogP contribution < -0.4 is 14.8 Å². The minimum Gasteiger partial charge on any atom is -0.497 e. The lowest BCUT2D eigenvalue weighted by Crippen LogP contribution is -2.33. The molecule has 0 saturated carbocycles. The molecule has 2 amide bonds. The Bertz CT molecular complexity index is 747. The second-order valence-electron chi connectivity index (χ2n) is 5.68. The first kappa shape index (κ1) is 19.3. The number of hydrogen-bond acceptors (Lipinski definition) is 4. The van der Waals surface area contributed by atoms with Gasteiger partial charge >= 0.3 is 0 Å². The molecule has 0 bridgehead atoms. The van der Waals surface area contributed by atoms with Crippen LogP contribution in [-0.2, 0) is 16.1 Å². The Morgan fingerprint density at radius 1 is 1.04 bits per heavy atom. The van der Waals surface area contributed by atoms with Crippen molar-refractivity contribution in [3.63, 3.8) is 0 Å². The average Bonchev–Trinajstić information content (AvgIpc) is 2.66. The number of rotatable bonds is 8. The zero-order valence-corrected chi connectivity index (χ0v) is 15.3. The van der Waals surface area contributed by atoms with Crippen molar-refractivity contribution in [2.24, 2.45) is 0 Å². The number of nitrogens with zero attached hydrogens (tertiary/aromatic N) is 1. The topological polar surface area (TPSA) is 67.9 Å². The van der Waals surface area contributed by atoms with Crippen LogP contribution in [0.5, 0.6) is 11.5 Å². The normalized spacial score (nSPS) is 10.1. The van der Waals surface area contributed by atoms with Gasteiger partial charge in [0, 0.05) is 19.2 Å². The van der Waals surface area contributed by atoms with E-state index in [1.54, 1.807) is 30.2 Å². The summed E-state index contributed by atoms with van der Waals surface area (Å²) in [5.74, 6) is 0.471. The van der Waals surface area contributed by atoms with Crippen molar-refractivity contribution in [2.75, 3.05) is 26.1 Å². The third-order valence-electron chi connectivity index (χ3n) is 3.94. The maximum atomic E-state index is 12.5. The summed E-state index contributed by atoms with van der Waals surface area (Å²) in [6.07, 6.45) is -0.235. The molecule has 26 heavy (non-hydrogen) atoms. The van der Waals surface area contributed by atoms with Crippen LogP contribution in [0, 0.1) is 0 Å². The molecule has 0 aliphatic heterocycles. The van der Waals surface area contributed by atoms with Gasteiger partial charge in [0.25, 0.3) is 0 Å². The van der Waals surface area contributed by atoms with Crippen LogP contribution in [0.1, 0.15) is 18.9 Å². The SMILES string of the molecule is CCN(Cc1ccccc1)C(=O)CC(=O)Nc1cc(OC)ccc1OC. The molecule has 0 fully saturated rings. The highest BCUT2D eigenvalue weighted by Crippen LogP contribution is 2.29. The molecule has 0 aliphatic carbocycles. The van der Waals surface area contributed by atoms with Gasteiger partial charge < -0.3 is 19.7 Å². The molecule has 0 heterocycles. The number of amides is 2. The smallest absolute Gasteiger partial charge is 0.233 e. The second kappa shape index (κ2) is 9.46. The molecule has 0 aromatic heterocycles. The molecule has 2 rings (SSSR count). The Labute approximate surface area is 153 Å². The van der Waals surface area contributed by atoms with Gasteiger partial charge in [-0.15, -0.1) is 0 Å². The maximum Gasteiger partial charge on any atom is 0.233 e. The van der Waals surface area contributed by atoms with Crippen LogP contribution in [-0.4, -0.2) is 37.5 Å². The van der Waals surface area contributed by atoms with E-state index in [1.165, 1.54) is 7.11 Å². The van der Waals surface area contributed by atoms with Crippen molar-refractivity contribution < 1.29 is 19.1 Å². The highest BCUT2D eigenvalue weighted by atomic mass is 16.5. The molecular formula is C20H24N2O4. The first-order valence-electron chi connectivity index (χ1n) is 8.41. The van der Waals surface area contributed by atoms with E-state index in [9.17, 15) is 9.59 Å². The molecule has 0 radical (unpaired) electrons. The Balaban J connectivity index is 2.01. The molecule has 138 valence electrons. The molecule has 0 spiro atoms. The largest absolute Gasteiger partial charge is 0.497 e. The zero-order chi connectivity index (χ0) is 18.9. The predicted molar refractivity (Wildman–Crippen MR) is 100 cm³/mol. The molecular weight excluding hydrogens is 332 g/mol. The van der Waals surface area contributed by atoms with Gasteiger partial charge in [-0.1, -0.05) is 30.3 Å². The standard InChI is InChI=1S/C20H24N2O4/c1-4-22(14-15-8-6-5-7-9-15)20(24)13-19(23)21-17-12-16(25-2)10-11-18(17)26-3/h5-12H,4,13-14H2,1-3H3,(H,21,23). The second-order valence-corrected chi connectivity index (χ2v) is 5.68. The van der Waals surface area contributed by atoms with E-state index >= 15 is 0 Å². The van der Waals surface area contributed by atoms with Crippen LogP contribution >= 0.6 is 0 Å². The zero-order valence-electron chi connectivity index (χ0n) is 15.3. The summed E-state index contributed by atoms with van der Waals surface area (Å²) in [5, 5.41) is 2.72. The predicted octanol–water partition coefficient (Wildman–Crippen LogP) is 3.08. The molecule has 0 unspecified atom stereocenters. The first-order valence-corrected chi connectivity index (χ1v) is 8.41. The number of carbonyl (C=O) groups excluding carboxylic acids is 2. The third-order valence-corrected chi connectivity index (χ3v) is 3.94. The van der Waals surface area contributed by atoms with Crippen LogP contribution in [0.3, 0.4) is 0 Å². The Morgan fingerprint density at radius 3 is 2.38 bits per heavy atom. The minimum atomic E-state index is -0.395. The lowest BCUT2D eigenvalue weighted by molar-refractivity contribution is -0.134. The van der Waals surface area contributed by atoms with Crippen molar-refractivity contribution in [1.29, 1.82) is 0 Å². The number of benzene rings is 2. The molecule has 2 aromatic rings. The Morgan fingerprint density at radius 2 is 1.77 bits per heavy atom. The van der Waals surface area contributed by atoms with Crippen molar-refractivity contribution in [2.45, 2.75) is 19.9 Å². The van der Waals surface area contributed by atoms with E-state index in [0.29, 0.717) is 30.3 Å². The van der Waals surface area contributed by atoms with E-state index < -0.39 is 5.91 Å². The summed E-state index contributed by atoms with van der Waals surface area (Å²) in [5.41, 5.74) is 1.49. The average molecular weight is 356 g/mol. The number of nitrogens with one attached hydrogen (secondary N) is 1. The van der Waals surface area contributed by atoms with Gasteiger partial charge in [0.1, 0.15) is 17.9 Å². The first-order chi connectivity index (χ1) is 12.6. The lowest BCUT2D eigenvalue weighted by Gasteiger charge is -2.21. The fraction of sp³-hybridized carbons (Fsp3) is 0.300. The quantitative estimate of drug-likeness (QED) is 0.738. The molecule has 0 aliphatic rings. The van der Waals surface area contributed by atoms with Crippen LogP contribution in [0.25, 0.3) is 0 Å². The van der Waals surface area contributed by atoms with E-state index in [-0.39, 0.29) is 12.3 Å². The van der Waals surface area contributed by atoms with Gasteiger partial charge in [0.05, 0.1) is 19.9 Å². The maximum absolute atomic E-state index is 12.5. The van der Waals surface area contributed by atoms with Gasteiger partial charge in [0.2, 0.25) is 11.8 Å². The minimum absolute atomic E-state index is 0.226. The molecule has 6 heteroatoms. The van der Waals surface area contributed by atoms with Gasteiger partial charge in [-0.25, -0.2) is 0 Å².